The second-order valence-corrected chi connectivity index (χ2v) is 6.86. The summed E-state index contributed by atoms with van der Waals surface area (Å²) in [7, 11) is 0. The lowest BCUT2D eigenvalue weighted by atomic mass is 9.85. The Bertz CT molecular complexity index is 515. The Morgan fingerprint density at radius 1 is 1.36 bits per heavy atom. The predicted octanol–water partition coefficient (Wildman–Crippen LogP) is 1.29. The summed E-state index contributed by atoms with van der Waals surface area (Å²) in [5, 5.41) is 6.71. The standard InChI is InChI=1S/C16H23N3O3/c20-16(14-5-6-17-22-14)18-13-10-19(8-11-3-4-11)9-12-2-1-7-21-15(12)13/h5-6,11-13,15H,1-4,7-10H2,(H,18,20)/t12-,13+,15-/m0/s1. The lowest BCUT2D eigenvalue weighted by molar-refractivity contribution is -0.0840. The number of rotatable bonds is 4. The maximum absolute atomic E-state index is 12.3. The monoisotopic (exact) mass is 305 g/mol. The molecule has 2 aliphatic heterocycles. The molecule has 4 rings (SSSR count). The van der Waals surface area contributed by atoms with Gasteiger partial charge in [-0.05, 0) is 37.5 Å². The van der Waals surface area contributed by atoms with Gasteiger partial charge >= 0.3 is 0 Å². The van der Waals surface area contributed by atoms with Gasteiger partial charge in [-0.2, -0.15) is 0 Å². The SMILES string of the molecule is O=C(N[C@@H]1CN(CC2CC2)C[C@@H]2CCCO[C@@H]21)c1ccno1. The summed E-state index contributed by atoms with van der Waals surface area (Å²) in [6.07, 6.45) is 6.67. The van der Waals surface area contributed by atoms with Crippen molar-refractivity contribution in [3.05, 3.63) is 18.0 Å². The van der Waals surface area contributed by atoms with Crippen molar-refractivity contribution in [2.75, 3.05) is 26.2 Å². The van der Waals surface area contributed by atoms with E-state index in [4.69, 9.17) is 9.26 Å². The maximum Gasteiger partial charge on any atom is 0.290 e. The number of amides is 1. The Kier molecular flexibility index (Phi) is 3.88. The van der Waals surface area contributed by atoms with Gasteiger partial charge in [-0.3, -0.25) is 4.79 Å². The molecule has 2 saturated heterocycles. The number of hydrogen-bond acceptors (Lipinski definition) is 5. The number of aromatic nitrogens is 1. The quantitative estimate of drug-likeness (QED) is 0.908. The van der Waals surface area contributed by atoms with Crippen LogP contribution in [-0.4, -0.2) is 54.4 Å². The highest BCUT2D eigenvalue weighted by Gasteiger charge is 2.41. The minimum absolute atomic E-state index is 0.0374. The molecule has 3 fully saturated rings. The zero-order chi connectivity index (χ0) is 14.9. The van der Waals surface area contributed by atoms with E-state index < -0.39 is 0 Å². The second-order valence-electron chi connectivity index (χ2n) is 6.86. The first-order chi connectivity index (χ1) is 10.8. The van der Waals surface area contributed by atoms with Gasteiger partial charge in [0.25, 0.3) is 5.91 Å². The van der Waals surface area contributed by atoms with E-state index in [1.165, 1.54) is 25.5 Å². The van der Waals surface area contributed by atoms with Crippen molar-refractivity contribution in [1.82, 2.24) is 15.4 Å². The van der Waals surface area contributed by atoms with E-state index in [-0.39, 0.29) is 23.8 Å². The third-order valence-corrected chi connectivity index (χ3v) is 5.03. The summed E-state index contributed by atoms with van der Waals surface area (Å²) >= 11 is 0. The highest BCUT2D eigenvalue weighted by atomic mass is 16.5. The number of carbonyl (C=O) groups is 1. The van der Waals surface area contributed by atoms with E-state index in [1.807, 2.05) is 0 Å². The van der Waals surface area contributed by atoms with Crippen molar-refractivity contribution in [3.8, 4) is 0 Å². The largest absolute Gasteiger partial charge is 0.376 e. The molecule has 0 radical (unpaired) electrons. The number of fused-ring (bicyclic) bond motifs is 1. The first kappa shape index (κ1) is 14.2. The lowest BCUT2D eigenvalue weighted by Gasteiger charge is -2.46. The molecule has 0 spiro atoms. The molecular weight excluding hydrogens is 282 g/mol. The zero-order valence-electron chi connectivity index (χ0n) is 12.7. The highest BCUT2D eigenvalue weighted by molar-refractivity contribution is 5.91. The van der Waals surface area contributed by atoms with Crippen molar-refractivity contribution in [2.24, 2.45) is 11.8 Å². The van der Waals surface area contributed by atoms with Gasteiger partial charge < -0.3 is 19.5 Å². The van der Waals surface area contributed by atoms with Crippen molar-refractivity contribution in [3.63, 3.8) is 0 Å². The van der Waals surface area contributed by atoms with Crippen LogP contribution >= 0.6 is 0 Å². The first-order valence-corrected chi connectivity index (χ1v) is 8.35. The van der Waals surface area contributed by atoms with E-state index in [9.17, 15) is 4.79 Å². The Morgan fingerprint density at radius 3 is 3.05 bits per heavy atom. The van der Waals surface area contributed by atoms with Gasteiger partial charge in [-0.25, -0.2) is 0 Å². The fraction of sp³-hybridized carbons (Fsp3) is 0.750. The average molecular weight is 305 g/mol. The molecule has 1 aromatic heterocycles. The molecule has 1 aromatic rings. The Morgan fingerprint density at radius 2 is 2.27 bits per heavy atom. The van der Waals surface area contributed by atoms with Crippen molar-refractivity contribution in [2.45, 2.75) is 37.8 Å². The van der Waals surface area contributed by atoms with Crippen LogP contribution in [0.3, 0.4) is 0 Å². The van der Waals surface area contributed by atoms with Gasteiger partial charge in [0.05, 0.1) is 18.3 Å². The topological polar surface area (TPSA) is 67.6 Å². The van der Waals surface area contributed by atoms with E-state index in [2.05, 4.69) is 15.4 Å². The third kappa shape index (κ3) is 3.03. The number of likely N-dealkylation sites (tertiary alicyclic amines) is 1. The highest BCUT2D eigenvalue weighted by Crippen LogP contribution is 2.34. The summed E-state index contributed by atoms with van der Waals surface area (Å²) in [5.74, 6) is 1.48. The minimum atomic E-state index is -0.191. The molecule has 1 N–H and O–H groups in total. The molecule has 3 atom stereocenters. The number of piperidine rings is 1. The molecule has 120 valence electrons. The molecule has 3 aliphatic rings. The van der Waals surface area contributed by atoms with Crippen LogP contribution in [0, 0.1) is 11.8 Å². The van der Waals surface area contributed by atoms with E-state index in [0.29, 0.717) is 5.92 Å². The number of nitrogens with one attached hydrogen (secondary N) is 1. The molecule has 0 unspecified atom stereocenters. The van der Waals surface area contributed by atoms with Gasteiger partial charge in [0.15, 0.2) is 0 Å². The van der Waals surface area contributed by atoms with Gasteiger partial charge in [-0.15, -0.1) is 0 Å². The van der Waals surface area contributed by atoms with Crippen LogP contribution in [0.5, 0.6) is 0 Å². The maximum atomic E-state index is 12.3. The Hall–Kier alpha value is -1.40. The fourth-order valence-electron chi connectivity index (χ4n) is 3.81. The first-order valence-electron chi connectivity index (χ1n) is 8.35. The number of nitrogens with zero attached hydrogens (tertiary/aromatic N) is 2. The summed E-state index contributed by atoms with van der Waals surface area (Å²) < 4.78 is 11.0. The lowest BCUT2D eigenvalue weighted by Crippen LogP contribution is -2.61. The third-order valence-electron chi connectivity index (χ3n) is 5.03. The number of hydrogen-bond donors (Lipinski definition) is 1. The van der Waals surface area contributed by atoms with Crippen molar-refractivity contribution in [1.29, 1.82) is 0 Å². The van der Waals surface area contributed by atoms with Crippen LogP contribution < -0.4 is 5.32 Å². The minimum Gasteiger partial charge on any atom is -0.376 e. The molecular formula is C16H23N3O3. The van der Waals surface area contributed by atoms with Crippen LogP contribution in [0.15, 0.2) is 16.8 Å². The van der Waals surface area contributed by atoms with Gasteiger partial charge in [0, 0.05) is 32.3 Å². The molecule has 1 aliphatic carbocycles. The van der Waals surface area contributed by atoms with E-state index in [1.54, 1.807) is 6.07 Å². The van der Waals surface area contributed by atoms with E-state index >= 15 is 0 Å². The zero-order valence-corrected chi connectivity index (χ0v) is 12.7. The van der Waals surface area contributed by atoms with Crippen LogP contribution in [-0.2, 0) is 4.74 Å². The van der Waals surface area contributed by atoms with Crippen LogP contribution in [0.2, 0.25) is 0 Å². The van der Waals surface area contributed by atoms with E-state index in [0.717, 1.165) is 38.6 Å². The molecule has 0 aromatic carbocycles. The fourth-order valence-corrected chi connectivity index (χ4v) is 3.81. The molecule has 1 saturated carbocycles. The molecule has 6 nitrogen and oxygen atoms in total. The van der Waals surface area contributed by atoms with Gasteiger partial charge in [-0.1, -0.05) is 5.16 Å². The Balaban J connectivity index is 1.45. The summed E-state index contributed by atoms with van der Waals surface area (Å²) in [5.41, 5.74) is 0. The van der Waals surface area contributed by atoms with Gasteiger partial charge in [0.1, 0.15) is 0 Å². The van der Waals surface area contributed by atoms with Gasteiger partial charge in [0.2, 0.25) is 5.76 Å². The summed E-state index contributed by atoms with van der Waals surface area (Å²) in [6.45, 7) is 3.95. The number of carbonyl (C=O) groups excluding carboxylic acids is 1. The molecule has 22 heavy (non-hydrogen) atoms. The summed E-state index contributed by atoms with van der Waals surface area (Å²) in [4.78, 5) is 14.8. The smallest absolute Gasteiger partial charge is 0.290 e. The van der Waals surface area contributed by atoms with Crippen LogP contribution in [0.1, 0.15) is 36.2 Å². The molecule has 6 heteroatoms. The predicted molar refractivity (Wildman–Crippen MR) is 79.4 cm³/mol. The Labute approximate surface area is 130 Å². The number of ether oxygens (including phenoxy) is 1. The van der Waals surface area contributed by atoms with Crippen molar-refractivity contribution >= 4 is 5.91 Å². The van der Waals surface area contributed by atoms with Crippen LogP contribution in [0.25, 0.3) is 0 Å². The van der Waals surface area contributed by atoms with Crippen LogP contribution in [0.4, 0.5) is 0 Å². The molecule has 1 amide bonds. The summed E-state index contributed by atoms with van der Waals surface area (Å²) in [6, 6.07) is 1.63. The normalized spacial score (nSPS) is 32.5. The molecule has 0 bridgehead atoms. The molecule has 3 heterocycles. The van der Waals surface area contributed by atoms with Crippen molar-refractivity contribution < 1.29 is 14.1 Å². The second kappa shape index (κ2) is 6.01. The average Bonchev–Trinajstić information content (AvgIpc) is 3.16.